The van der Waals surface area contributed by atoms with Gasteiger partial charge in [0, 0.05) is 17.9 Å². The second-order valence-corrected chi connectivity index (χ2v) is 7.80. The number of rotatable bonds is 4. The van der Waals surface area contributed by atoms with Crippen LogP contribution in [0.15, 0.2) is 24.3 Å². The van der Waals surface area contributed by atoms with Crippen LogP contribution in [-0.2, 0) is 18.9 Å². The number of hydrogen-bond donors (Lipinski definition) is 1. The summed E-state index contributed by atoms with van der Waals surface area (Å²) in [5.74, 6) is -0.545. The fourth-order valence-corrected chi connectivity index (χ4v) is 4.10. The SMILES string of the molecule is Cc1c(C(N)=O)cc(-c2cc(C(F)(F)F)cc(C(F)(F)F)c2)n1CC1CCCCC1. The molecule has 1 aliphatic rings. The van der Waals surface area contributed by atoms with Crippen molar-refractivity contribution in [2.75, 3.05) is 0 Å². The lowest BCUT2D eigenvalue weighted by molar-refractivity contribution is -0.143. The number of nitrogens with zero attached hydrogens (tertiary/aromatic N) is 1. The predicted molar refractivity (Wildman–Crippen MR) is 99.7 cm³/mol. The summed E-state index contributed by atoms with van der Waals surface area (Å²) in [4.78, 5) is 11.8. The maximum atomic E-state index is 13.3. The molecule has 0 radical (unpaired) electrons. The topological polar surface area (TPSA) is 48.0 Å². The van der Waals surface area contributed by atoms with Gasteiger partial charge in [-0.05, 0) is 55.5 Å². The van der Waals surface area contributed by atoms with Gasteiger partial charge in [-0.3, -0.25) is 4.79 Å². The van der Waals surface area contributed by atoms with E-state index < -0.39 is 29.4 Å². The lowest BCUT2D eigenvalue weighted by Gasteiger charge is -2.24. The van der Waals surface area contributed by atoms with Crippen LogP contribution in [0.25, 0.3) is 11.3 Å². The number of amides is 1. The van der Waals surface area contributed by atoms with Crippen molar-refractivity contribution >= 4 is 5.91 Å². The molecule has 0 bridgehead atoms. The predicted octanol–water partition coefficient (Wildman–Crippen LogP) is 6.18. The summed E-state index contributed by atoms with van der Waals surface area (Å²) < 4.78 is 81.4. The maximum absolute atomic E-state index is 13.3. The normalized spacial score (nSPS) is 16.1. The Kier molecular flexibility index (Phi) is 5.93. The Labute approximate surface area is 169 Å². The number of halogens is 6. The van der Waals surface area contributed by atoms with E-state index in [1.165, 1.54) is 6.07 Å². The van der Waals surface area contributed by atoms with Crippen LogP contribution < -0.4 is 5.73 Å². The highest BCUT2D eigenvalue weighted by molar-refractivity contribution is 5.95. The summed E-state index contributed by atoms with van der Waals surface area (Å²) in [6, 6.07) is 2.76. The molecule has 3 nitrogen and oxygen atoms in total. The van der Waals surface area contributed by atoms with E-state index in [2.05, 4.69) is 0 Å². The molecule has 0 aliphatic heterocycles. The number of alkyl halides is 6. The summed E-state index contributed by atoms with van der Waals surface area (Å²) in [7, 11) is 0. The Balaban J connectivity index is 2.18. The molecular weight excluding hydrogens is 410 g/mol. The third-order valence-electron chi connectivity index (χ3n) is 5.68. The summed E-state index contributed by atoms with van der Waals surface area (Å²) in [6.45, 7) is 2.01. The zero-order valence-corrected chi connectivity index (χ0v) is 16.3. The number of primary amides is 1. The first-order chi connectivity index (χ1) is 13.9. The van der Waals surface area contributed by atoms with Crippen LogP contribution in [0.1, 0.15) is 59.3 Å². The zero-order chi connectivity index (χ0) is 22.3. The minimum atomic E-state index is -4.95. The first-order valence-electron chi connectivity index (χ1n) is 9.67. The van der Waals surface area contributed by atoms with Gasteiger partial charge in [0.05, 0.1) is 16.7 Å². The van der Waals surface area contributed by atoms with Crippen LogP contribution in [0.4, 0.5) is 26.3 Å². The van der Waals surface area contributed by atoms with Crippen molar-refractivity contribution in [1.82, 2.24) is 4.57 Å². The van der Waals surface area contributed by atoms with Gasteiger partial charge in [-0.2, -0.15) is 26.3 Å². The van der Waals surface area contributed by atoms with E-state index in [1.54, 1.807) is 11.5 Å². The van der Waals surface area contributed by atoms with Gasteiger partial charge in [-0.25, -0.2) is 0 Å². The average molecular weight is 432 g/mol. The Morgan fingerprint density at radius 2 is 1.50 bits per heavy atom. The number of carbonyl (C=O) groups excluding carboxylic acids is 1. The number of aromatic nitrogens is 1. The maximum Gasteiger partial charge on any atom is 0.416 e. The minimum Gasteiger partial charge on any atom is -0.366 e. The summed E-state index contributed by atoms with van der Waals surface area (Å²) in [5, 5.41) is 0. The third-order valence-corrected chi connectivity index (χ3v) is 5.68. The van der Waals surface area contributed by atoms with Crippen molar-refractivity contribution in [1.29, 1.82) is 0 Å². The van der Waals surface area contributed by atoms with E-state index >= 15 is 0 Å². The van der Waals surface area contributed by atoms with E-state index in [1.807, 2.05) is 0 Å². The molecule has 1 heterocycles. The highest BCUT2D eigenvalue weighted by atomic mass is 19.4. The third kappa shape index (κ3) is 4.65. The molecule has 30 heavy (non-hydrogen) atoms. The zero-order valence-electron chi connectivity index (χ0n) is 16.3. The molecule has 1 aliphatic carbocycles. The number of hydrogen-bond acceptors (Lipinski definition) is 1. The molecule has 1 saturated carbocycles. The Morgan fingerprint density at radius 1 is 0.967 bits per heavy atom. The van der Waals surface area contributed by atoms with E-state index in [0.717, 1.165) is 32.1 Å². The summed E-state index contributed by atoms with van der Waals surface area (Å²) in [6.07, 6.45) is -4.92. The van der Waals surface area contributed by atoms with Crippen molar-refractivity contribution in [2.45, 2.75) is 57.9 Å². The van der Waals surface area contributed by atoms with E-state index in [0.29, 0.717) is 24.4 Å². The second kappa shape index (κ2) is 8.00. The van der Waals surface area contributed by atoms with Crippen molar-refractivity contribution in [3.63, 3.8) is 0 Å². The van der Waals surface area contributed by atoms with Crippen molar-refractivity contribution in [2.24, 2.45) is 11.7 Å². The smallest absolute Gasteiger partial charge is 0.366 e. The first kappa shape index (κ1) is 22.2. The summed E-state index contributed by atoms with van der Waals surface area (Å²) in [5.41, 5.74) is 3.02. The van der Waals surface area contributed by atoms with Crippen LogP contribution in [0.5, 0.6) is 0 Å². The molecule has 0 spiro atoms. The van der Waals surface area contributed by atoms with Crippen LogP contribution in [-0.4, -0.2) is 10.5 Å². The van der Waals surface area contributed by atoms with Crippen LogP contribution in [0, 0.1) is 12.8 Å². The first-order valence-corrected chi connectivity index (χ1v) is 9.67. The summed E-state index contributed by atoms with van der Waals surface area (Å²) >= 11 is 0. The van der Waals surface area contributed by atoms with E-state index in [9.17, 15) is 31.1 Å². The monoisotopic (exact) mass is 432 g/mol. The van der Waals surface area contributed by atoms with Crippen LogP contribution in [0.3, 0.4) is 0 Å². The molecule has 3 rings (SSSR count). The molecular formula is C21H22F6N2O. The largest absolute Gasteiger partial charge is 0.416 e. The molecule has 2 aromatic rings. The van der Waals surface area contributed by atoms with Crippen LogP contribution >= 0.6 is 0 Å². The second-order valence-electron chi connectivity index (χ2n) is 7.80. The highest BCUT2D eigenvalue weighted by Crippen LogP contribution is 2.40. The van der Waals surface area contributed by atoms with Gasteiger partial charge in [-0.15, -0.1) is 0 Å². The number of benzene rings is 1. The van der Waals surface area contributed by atoms with Gasteiger partial charge in [-0.1, -0.05) is 19.3 Å². The molecule has 1 aromatic carbocycles. The van der Waals surface area contributed by atoms with Gasteiger partial charge in [0.15, 0.2) is 0 Å². The Bertz CT molecular complexity index is 904. The molecule has 0 unspecified atom stereocenters. The van der Waals surface area contributed by atoms with E-state index in [4.69, 9.17) is 5.73 Å². The lowest BCUT2D eigenvalue weighted by atomic mass is 9.89. The number of nitrogens with two attached hydrogens (primary N) is 1. The lowest BCUT2D eigenvalue weighted by Crippen LogP contribution is -2.17. The average Bonchev–Trinajstić information content (AvgIpc) is 2.97. The molecule has 1 fully saturated rings. The molecule has 0 atom stereocenters. The number of carbonyl (C=O) groups is 1. The minimum absolute atomic E-state index is 0.0896. The Hall–Kier alpha value is -2.45. The fraction of sp³-hybridized carbons (Fsp3) is 0.476. The van der Waals surface area contributed by atoms with Crippen molar-refractivity contribution in [3.8, 4) is 11.3 Å². The molecule has 2 N–H and O–H groups in total. The van der Waals surface area contributed by atoms with Gasteiger partial charge in [0.1, 0.15) is 0 Å². The van der Waals surface area contributed by atoms with Gasteiger partial charge in [0.2, 0.25) is 0 Å². The molecule has 164 valence electrons. The van der Waals surface area contributed by atoms with Crippen molar-refractivity contribution in [3.05, 3.63) is 46.6 Å². The van der Waals surface area contributed by atoms with Crippen molar-refractivity contribution < 1.29 is 31.1 Å². The van der Waals surface area contributed by atoms with Gasteiger partial charge >= 0.3 is 12.4 Å². The van der Waals surface area contributed by atoms with Gasteiger partial charge in [0.25, 0.3) is 5.91 Å². The molecule has 1 amide bonds. The standard InChI is InChI=1S/C21H22F6N2O/c1-12-17(19(28)30)10-18(29(12)11-13-5-3-2-4-6-13)14-7-15(20(22,23)24)9-16(8-14)21(25,26)27/h7-10,13H,2-6,11H2,1H3,(H2,28,30). The van der Waals surface area contributed by atoms with E-state index in [-0.39, 0.29) is 28.8 Å². The quantitative estimate of drug-likeness (QED) is 0.576. The molecule has 1 aromatic heterocycles. The molecule has 9 heteroatoms. The van der Waals surface area contributed by atoms with Gasteiger partial charge < -0.3 is 10.3 Å². The molecule has 0 saturated heterocycles. The highest BCUT2D eigenvalue weighted by Gasteiger charge is 2.37. The fourth-order valence-electron chi connectivity index (χ4n) is 4.10. The van der Waals surface area contributed by atoms with Crippen LogP contribution in [0.2, 0.25) is 0 Å². The Morgan fingerprint density at radius 3 is 1.97 bits per heavy atom.